The Morgan fingerprint density at radius 2 is 1.55 bits per heavy atom. The minimum atomic E-state index is -4.20. The molecule has 230 valence electrons. The smallest absolute Gasteiger partial charge is 0.264 e. The molecular formula is C34H36ClN3O5S. The number of likely N-dealkylation sites (N-methyl/N-ethyl adjacent to an activating group) is 1. The molecule has 44 heavy (non-hydrogen) atoms. The normalized spacial score (nSPS) is 11.8. The van der Waals surface area contributed by atoms with E-state index in [0.717, 1.165) is 21.0 Å². The van der Waals surface area contributed by atoms with Gasteiger partial charge in [0.2, 0.25) is 11.8 Å². The molecule has 4 aromatic rings. The minimum Gasteiger partial charge on any atom is -0.497 e. The number of amides is 2. The zero-order valence-corrected chi connectivity index (χ0v) is 26.5. The number of carbonyl (C=O) groups is 2. The largest absolute Gasteiger partial charge is 0.497 e. The lowest BCUT2D eigenvalue weighted by Crippen LogP contribution is -2.53. The van der Waals surface area contributed by atoms with Crippen molar-refractivity contribution in [1.29, 1.82) is 0 Å². The van der Waals surface area contributed by atoms with Gasteiger partial charge in [0.25, 0.3) is 10.0 Å². The van der Waals surface area contributed by atoms with E-state index in [4.69, 9.17) is 16.3 Å². The lowest BCUT2D eigenvalue weighted by molar-refractivity contribution is -0.140. The fraction of sp³-hybridized carbons (Fsp3) is 0.235. The van der Waals surface area contributed by atoms with Gasteiger partial charge in [0.05, 0.1) is 17.7 Å². The van der Waals surface area contributed by atoms with Crippen LogP contribution in [0, 0.1) is 6.92 Å². The van der Waals surface area contributed by atoms with Crippen LogP contribution in [0.3, 0.4) is 0 Å². The molecular weight excluding hydrogens is 598 g/mol. The zero-order chi connectivity index (χ0) is 31.7. The maximum atomic E-state index is 14.4. The fourth-order valence-electron chi connectivity index (χ4n) is 4.80. The number of methoxy groups -OCH3 is 1. The van der Waals surface area contributed by atoms with Crippen LogP contribution in [0.5, 0.6) is 5.75 Å². The third kappa shape index (κ3) is 7.98. The first-order chi connectivity index (χ1) is 21.1. The summed E-state index contributed by atoms with van der Waals surface area (Å²) < 4.78 is 34.5. The molecule has 0 saturated heterocycles. The highest BCUT2D eigenvalue weighted by molar-refractivity contribution is 7.92. The molecule has 0 radical (unpaired) electrons. The molecule has 0 fully saturated rings. The third-order valence-corrected chi connectivity index (χ3v) is 9.36. The molecule has 0 saturated carbocycles. The molecule has 0 heterocycles. The van der Waals surface area contributed by atoms with Gasteiger partial charge >= 0.3 is 0 Å². The van der Waals surface area contributed by atoms with E-state index in [-0.39, 0.29) is 29.5 Å². The minimum absolute atomic E-state index is 0.0217. The second-order valence-corrected chi connectivity index (χ2v) is 12.5. The second-order valence-electron chi connectivity index (χ2n) is 10.2. The molecule has 4 rings (SSSR count). The van der Waals surface area contributed by atoms with Crippen LogP contribution < -0.4 is 14.4 Å². The van der Waals surface area contributed by atoms with E-state index < -0.39 is 28.5 Å². The maximum Gasteiger partial charge on any atom is 0.264 e. The molecule has 2 amide bonds. The summed E-state index contributed by atoms with van der Waals surface area (Å²) in [6, 6.07) is 28.4. The first kappa shape index (κ1) is 32.6. The highest BCUT2D eigenvalue weighted by Gasteiger charge is 2.34. The van der Waals surface area contributed by atoms with E-state index in [0.29, 0.717) is 17.3 Å². The number of nitrogens with one attached hydrogen (secondary N) is 1. The number of carbonyl (C=O) groups excluding carboxylic acids is 2. The Morgan fingerprint density at radius 3 is 2.18 bits per heavy atom. The second kappa shape index (κ2) is 14.9. The standard InChI is InChI=1S/C34H36ClN3O5S/c1-4-36-34(40)32(21-26-12-7-5-8-13-26)37(23-27-14-11-15-29(20-27)43-3)33(39)24-38(28-19-18-25(2)31(35)22-28)44(41,42)30-16-9-6-10-17-30/h5-20,22,32H,4,21,23-24H2,1-3H3,(H,36,40)/t32-/m0/s1. The molecule has 10 heteroatoms. The van der Waals surface area contributed by atoms with E-state index in [2.05, 4.69) is 5.32 Å². The van der Waals surface area contributed by atoms with E-state index in [1.54, 1.807) is 62.6 Å². The van der Waals surface area contributed by atoms with Gasteiger partial charge < -0.3 is 15.0 Å². The molecule has 1 N–H and O–H groups in total. The summed E-state index contributed by atoms with van der Waals surface area (Å²) in [4.78, 5) is 29.5. The van der Waals surface area contributed by atoms with Crippen molar-refractivity contribution >= 4 is 39.1 Å². The predicted molar refractivity (Wildman–Crippen MR) is 173 cm³/mol. The molecule has 1 atom stereocenters. The number of hydrogen-bond acceptors (Lipinski definition) is 5. The Morgan fingerprint density at radius 1 is 0.886 bits per heavy atom. The van der Waals surface area contributed by atoms with Crippen molar-refractivity contribution in [2.24, 2.45) is 0 Å². The number of benzene rings is 4. The molecule has 0 aliphatic heterocycles. The van der Waals surface area contributed by atoms with Crippen LogP contribution in [0.15, 0.2) is 108 Å². The first-order valence-corrected chi connectivity index (χ1v) is 16.0. The van der Waals surface area contributed by atoms with Gasteiger partial charge in [-0.1, -0.05) is 78.3 Å². The average molecular weight is 634 g/mol. The van der Waals surface area contributed by atoms with Gasteiger partial charge in [-0.15, -0.1) is 0 Å². The average Bonchev–Trinajstić information content (AvgIpc) is 3.03. The van der Waals surface area contributed by atoms with Gasteiger partial charge in [-0.05, 0) is 66.9 Å². The maximum absolute atomic E-state index is 14.4. The highest BCUT2D eigenvalue weighted by Crippen LogP contribution is 2.29. The Bertz CT molecular complexity index is 1680. The lowest BCUT2D eigenvalue weighted by Gasteiger charge is -2.34. The molecule has 0 aromatic heterocycles. The highest BCUT2D eigenvalue weighted by atomic mass is 35.5. The van der Waals surface area contributed by atoms with Crippen molar-refractivity contribution < 1.29 is 22.7 Å². The monoisotopic (exact) mass is 633 g/mol. The van der Waals surface area contributed by atoms with Crippen molar-refractivity contribution in [1.82, 2.24) is 10.2 Å². The van der Waals surface area contributed by atoms with Gasteiger partial charge in [0.15, 0.2) is 0 Å². The number of ether oxygens (including phenoxy) is 1. The van der Waals surface area contributed by atoms with E-state index in [1.807, 2.05) is 43.3 Å². The van der Waals surface area contributed by atoms with Crippen LogP contribution in [-0.2, 0) is 32.6 Å². The molecule has 0 bridgehead atoms. The van der Waals surface area contributed by atoms with Crippen LogP contribution in [0.25, 0.3) is 0 Å². The SMILES string of the molecule is CCNC(=O)[C@H](Cc1ccccc1)N(Cc1cccc(OC)c1)C(=O)CN(c1ccc(C)c(Cl)c1)S(=O)(=O)c1ccccc1. The quantitative estimate of drug-likeness (QED) is 0.206. The van der Waals surface area contributed by atoms with Crippen LogP contribution >= 0.6 is 11.6 Å². The number of rotatable bonds is 13. The zero-order valence-electron chi connectivity index (χ0n) is 24.9. The number of sulfonamides is 1. The Kier molecular flexibility index (Phi) is 11.0. The number of anilines is 1. The van der Waals surface area contributed by atoms with Crippen LogP contribution in [0.1, 0.15) is 23.6 Å². The van der Waals surface area contributed by atoms with Crippen molar-refractivity contribution in [3.05, 3.63) is 125 Å². The molecule has 0 aliphatic rings. The molecule has 4 aromatic carbocycles. The summed E-state index contributed by atoms with van der Waals surface area (Å²) in [5.41, 5.74) is 2.57. The topological polar surface area (TPSA) is 96.0 Å². The molecule has 0 unspecified atom stereocenters. The van der Waals surface area contributed by atoms with Gasteiger partial charge in [-0.25, -0.2) is 8.42 Å². The van der Waals surface area contributed by atoms with Crippen LogP contribution in [0.2, 0.25) is 5.02 Å². The van der Waals surface area contributed by atoms with Crippen molar-refractivity contribution in [2.75, 3.05) is 24.5 Å². The van der Waals surface area contributed by atoms with Gasteiger partial charge in [-0.2, -0.15) is 0 Å². The predicted octanol–water partition coefficient (Wildman–Crippen LogP) is 5.63. The number of halogens is 1. The first-order valence-electron chi connectivity index (χ1n) is 14.2. The molecule has 0 spiro atoms. The molecule has 8 nitrogen and oxygen atoms in total. The van der Waals surface area contributed by atoms with E-state index >= 15 is 0 Å². The summed E-state index contributed by atoms with van der Waals surface area (Å²) in [6.07, 6.45) is 0.226. The Balaban J connectivity index is 1.81. The van der Waals surface area contributed by atoms with Gasteiger partial charge in [0.1, 0.15) is 18.3 Å². The van der Waals surface area contributed by atoms with Crippen LogP contribution in [-0.4, -0.2) is 51.4 Å². The molecule has 0 aliphatic carbocycles. The summed E-state index contributed by atoms with van der Waals surface area (Å²) >= 11 is 6.42. The van der Waals surface area contributed by atoms with Crippen molar-refractivity contribution in [3.8, 4) is 5.75 Å². The summed E-state index contributed by atoms with van der Waals surface area (Å²) in [7, 11) is -2.65. The summed E-state index contributed by atoms with van der Waals surface area (Å²) in [5.74, 6) is -0.310. The van der Waals surface area contributed by atoms with Gasteiger partial charge in [0, 0.05) is 24.5 Å². The van der Waals surface area contributed by atoms with Crippen molar-refractivity contribution in [2.45, 2.75) is 37.8 Å². The summed E-state index contributed by atoms with van der Waals surface area (Å²) in [5, 5.41) is 3.22. The van der Waals surface area contributed by atoms with Gasteiger partial charge in [-0.3, -0.25) is 13.9 Å². The third-order valence-electron chi connectivity index (χ3n) is 7.16. The lowest BCUT2D eigenvalue weighted by atomic mass is 10.0. The van der Waals surface area contributed by atoms with Crippen molar-refractivity contribution in [3.63, 3.8) is 0 Å². The summed E-state index contributed by atoms with van der Waals surface area (Å²) in [6.45, 7) is 3.45. The number of nitrogens with zero attached hydrogens (tertiary/aromatic N) is 2. The van der Waals surface area contributed by atoms with E-state index in [1.165, 1.54) is 23.1 Å². The fourth-order valence-corrected chi connectivity index (χ4v) is 6.40. The Hall–Kier alpha value is -4.34. The number of hydrogen-bond donors (Lipinski definition) is 1. The van der Waals surface area contributed by atoms with E-state index in [9.17, 15) is 18.0 Å². The van der Waals surface area contributed by atoms with Crippen LogP contribution in [0.4, 0.5) is 5.69 Å². The Labute approximate surface area is 264 Å². The number of aryl methyl sites for hydroxylation is 1.